The van der Waals surface area contributed by atoms with Crippen LogP contribution in [0.2, 0.25) is 0 Å². The van der Waals surface area contributed by atoms with Crippen LogP contribution in [0.5, 0.6) is 0 Å². The van der Waals surface area contributed by atoms with E-state index in [9.17, 15) is 13.9 Å². The van der Waals surface area contributed by atoms with Crippen molar-refractivity contribution < 1.29 is 13.9 Å². The van der Waals surface area contributed by atoms with Crippen LogP contribution in [0.25, 0.3) is 0 Å². The molecule has 0 spiro atoms. The van der Waals surface area contributed by atoms with E-state index in [1.165, 1.54) is 6.07 Å². The minimum absolute atomic E-state index is 0.0259. The maximum atomic E-state index is 13.6. The molecule has 0 bridgehead atoms. The van der Waals surface area contributed by atoms with Crippen molar-refractivity contribution in [2.75, 3.05) is 11.9 Å². The van der Waals surface area contributed by atoms with Gasteiger partial charge in [-0.25, -0.2) is 8.78 Å². The molecule has 0 amide bonds. The van der Waals surface area contributed by atoms with Gasteiger partial charge in [-0.05, 0) is 30.7 Å². The van der Waals surface area contributed by atoms with Crippen molar-refractivity contribution in [2.45, 2.75) is 13.0 Å². The van der Waals surface area contributed by atoms with Crippen molar-refractivity contribution in [3.05, 3.63) is 64.7 Å². The lowest BCUT2D eigenvalue weighted by molar-refractivity contribution is 0.186. The van der Waals surface area contributed by atoms with Crippen molar-refractivity contribution >= 4 is 5.69 Å². The molecule has 0 aliphatic carbocycles. The molecule has 1 unspecified atom stereocenters. The Bertz CT molecular complexity index is 695. The highest BCUT2D eigenvalue weighted by Gasteiger charge is 2.13. The van der Waals surface area contributed by atoms with Crippen LogP contribution in [0.1, 0.15) is 22.8 Å². The van der Waals surface area contributed by atoms with Crippen LogP contribution in [0.4, 0.5) is 14.5 Å². The monoisotopic (exact) mass is 288 g/mol. The molecule has 0 aliphatic rings. The van der Waals surface area contributed by atoms with E-state index in [0.717, 1.165) is 17.7 Å². The molecule has 3 nitrogen and oxygen atoms in total. The third kappa shape index (κ3) is 3.56. The molecule has 0 radical (unpaired) electrons. The average molecular weight is 288 g/mol. The molecule has 0 aromatic heterocycles. The second kappa shape index (κ2) is 6.33. The molecule has 0 saturated heterocycles. The van der Waals surface area contributed by atoms with Gasteiger partial charge in [-0.1, -0.05) is 12.1 Å². The largest absolute Gasteiger partial charge is 0.386 e. The molecule has 2 aromatic carbocycles. The molecule has 1 atom stereocenters. The van der Waals surface area contributed by atoms with E-state index in [1.54, 1.807) is 18.2 Å². The molecule has 0 heterocycles. The molecule has 2 rings (SSSR count). The Kier molecular flexibility index (Phi) is 4.51. The van der Waals surface area contributed by atoms with E-state index in [1.807, 2.05) is 13.0 Å². The Morgan fingerprint density at radius 2 is 2.00 bits per heavy atom. The fourth-order valence-corrected chi connectivity index (χ4v) is 1.97. The van der Waals surface area contributed by atoms with Gasteiger partial charge < -0.3 is 10.4 Å². The highest BCUT2D eigenvalue weighted by Crippen LogP contribution is 2.21. The van der Waals surface area contributed by atoms with E-state index in [0.29, 0.717) is 11.3 Å². The van der Waals surface area contributed by atoms with Crippen molar-refractivity contribution in [3.8, 4) is 6.07 Å². The molecule has 2 aromatic rings. The summed E-state index contributed by atoms with van der Waals surface area (Å²) in [6.45, 7) is 1.91. The lowest BCUT2D eigenvalue weighted by Gasteiger charge is -2.15. The van der Waals surface area contributed by atoms with Crippen LogP contribution < -0.4 is 5.32 Å². The zero-order chi connectivity index (χ0) is 15.4. The van der Waals surface area contributed by atoms with Gasteiger partial charge >= 0.3 is 0 Å². The summed E-state index contributed by atoms with van der Waals surface area (Å²) in [5.41, 5.74) is 2.11. The van der Waals surface area contributed by atoms with E-state index < -0.39 is 17.7 Å². The Morgan fingerprint density at radius 3 is 2.67 bits per heavy atom. The maximum absolute atomic E-state index is 13.6. The number of hydrogen-bond donors (Lipinski definition) is 2. The fraction of sp³-hybridized carbons (Fsp3) is 0.188. The quantitative estimate of drug-likeness (QED) is 0.907. The number of anilines is 1. The topological polar surface area (TPSA) is 56.0 Å². The Morgan fingerprint density at radius 1 is 1.24 bits per heavy atom. The summed E-state index contributed by atoms with van der Waals surface area (Å²) >= 11 is 0. The number of aliphatic hydroxyl groups is 1. The summed E-state index contributed by atoms with van der Waals surface area (Å²) in [5, 5.41) is 21.8. The van der Waals surface area contributed by atoms with Gasteiger partial charge in [-0.3, -0.25) is 0 Å². The van der Waals surface area contributed by atoms with Crippen LogP contribution in [-0.4, -0.2) is 11.7 Å². The number of nitriles is 1. The molecular weight excluding hydrogens is 274 g/mol. The summed E-state index contributed by atoms with van der Waals surface area (Å²) in [6, 6.07) is 10.2. The summed E-state index contributed by atoms with van der Waals surface area (Å²) in [7, 11) is 0. The second-order valence-electron chi connectivity index (χ2n) is 4.70. The number of benzene rings is 2. The zero-order valence-electron chi connectivity index (χ0n) is 11.4. The number of nitrogens with zero attached hydrogens (tertiary/aromatic N) is 1. The van der Waals surface area contributed by atoms with E-state index in [-0.39, 0.29) is 12.1 Å². The highest BCUT2D eigenvalue weighted by atomic mass is 19.1. The van der Waals surface area contributed by atoms with Crippen molar-refractivity contribution in [1.82, 2.24) is 0 Å². The second-order valence-corrected chi connectivity index (χ2v) is 4.70. The Hall–Kier alpha value is -2.45. The number of nitrogens with one attached hydrogen (secondary N) is 1. The SMILES string of the molecule is Cc1ccc(C#N)cc1NCC(O)c1ccc(F)cc1F. The van der Waals surface area contributed by atoms with Crippen LogP contribution in [0.15, 0.2) is 36.4 Å². The molecule has 21 heavy (non-hydrogen) atoms. The molecule has 0 saturated carbocycles. The van der Waals surface area contributed by atoms with Gasteiger partial charge in [0.2, 0.25) is 0 Å². The van der Waals surface area contributed by atoms with Crippen LogP contribution in [-0.2, 0) is 0 Å². The first-order valence-corrected chi connectivity index (χ1v) is 6.39. The zero-order valence-corrected chi connectivity index (χ0v) is 11.4. The third-order valence-corrected chi connectivity index (χ3v) is 3.17. The molecule has 0 fully saturated rings. The van der Waals surface area contributed by atoms with Gasteiger partial charge in [0.05, 0.1) is 17.7 Å². The van der Waals surface area contributed by atoms with Gasteiger partial charge in [0.25, 0.3) is 0 Å². The fourth-order valence-electron chi connectivity index (χ4n) is 1.97. The van der Waals surface area contributed by atoms with Crippen LogP contribution in [0.3, 0.4) is 0 Å². The lowest BCUT2D eigenvalue weighted by atomic mass is 10.1. The smallest absolute Gasteiger partial charge is 0.131 e. The first kappa shape index (κ1) is 14.9. The molecule has 5 heteroatoms. The highest BCUT2D eigenvalue weighted by molar-refractivity contribution is 5.55. The van der Waals surface area contributed by atoms with Crippen molar-refractivity contribution in [1.29, 1.82) is 5.26 Å². The lowest BCUT2D eigenvalue weighted by Crippen LogP contribution is -2.14. The van der Waals surface area contributed by atoms with Gasteiger partial charge in [0.15, 0.2) is 0 Å². The number of rotatable bonds is 4. The predicted octanol–water partition coefficient (Wildman–Crippen LogP) is 3.29. The van der Waals surface area contributed by atoms with Crippen LogP contribution in [0, 0.1) is 29.9 Å². The molecule has 0 aliphatic heterocycles. The van der Waals surface area contributed by atoms with Gasteiger partial charge in [-0.2, -0.15) is 5.26 Å². The number of halogens is 2. The first-order chi connectivity index (χ1) is 10.0. The predicted molar refractivity (Wildman–Crippen MR) is 75.7 cm³/mol. The summed E-state index contributed by atoms with van der Waals surface area (Å²) in [4.78, 5) is 0. The standard InChI is InChI=1S/C16H14F2N2O/c1-10-2-3-11(8-19)6-15(10)20-9-16(21)13-5-4-12(17)7-14(13)18/h2-7,16,20-21H,9H2,1H3. The van der Waals surface area contributed by atoms with E-state index >= 15 is 0 Å². The van der Waals surface area contributed by atoms with Gasteiger partial charge in [-0.15, -0.1) is 0 Å². The average Bonchev–Trinajstić information content (AvgIpc) is 2.46. The minimum atomic E-state index is -1.12. The molecular formula is C16H14F2N2O. The van der Waals surface area contributed by atoms with E-state index in [4.69, 9.17) is 5.26 Å². The normalized spacial score (nSPS) is 11.8. The molecule has 2 N–H and O–H groups in total. The molecule has 108 valence electrons. The summed E-state index contributed by atoms with van der Waals surface area (Å²) < 4.78 is 26.4. The summed E-state index contributed by atoms with van der Waals surface area (Å²) in [5.74, 6) is -1.47. The first-order valence-electron chi connectivity index (χ1n) is 6.39. The van der Waals surface area contributed by atoms with E-state index in [2.05, 4.69) is 5.32 Å². The maximum Gasteiger partial charge on any atom is 0.131 e. The number of aliphatic hydroxyl groups excluding tert-OH is 1. The van der Waals surface area contributed by atoms with Crippen molar-refractivity contribution in [2.24, 2.45) is 0 Å². The van der Waals surface area contributed by atoms with Crippen molar-refractivity contribution in [3.63, 3.8) is 0 Å². The van der Waals surface area contributed by atoms with Crippen LogP contribution >= 0.6 is 0 Å². The number of aryl methyl sites for hydroxylation is 1. The third-order valence-electron chi connectivity index (χ3n) is 3.17. The Balaban J connectivity index is 2.11. The number of hydrogen-bond acceptors (Lipinski definition) is 3. The Labute approximate surface area is 121 Å². The summed E-state index contributed by atoms with van der Waals surface area (Å²) in [6.07, 6.45) is -1.12. The van der Waals surface area contributed by atoms with Gasteiger partial charge in [0, 0.05) is 23.9 Å². The van der Waals surface area contributed by atoms with Gasteiger partial charge in [0.1, 0.15) is 11.6 Å². The minimum Gasteiger partial charge on any atom is -0.386 e.